The first-order valence-electron chi connectivity index (χ1n) is 5.71. The van der Waals surface area contributed by atoms with Crippen molar-refractivity contribution < 1.29 is 0 Å². The van der Waals surface area contributed by atoms with Crippen LogP contribution in [0.4, 0.5) is 5.95 Å². The van der Waals surface area contributed by atoms with Crippen molar-refractivity contribution in [3.8, 4) is 5.95 Å². The van der Waals surface area contributed by atoms with Gasteiger partial charge in [-0.2, -0.15) is 31.8 Å². The maximum atomic E-state index is 5.90. The summed E-state index contributed by atoms with van der Waals surface area (Å²) in [6, 6.07) is 1.79. The van der Waals surface area contributed by atoms with Crippen molar-refractivity contribution in [3.63, 3.8) is 0 Å². The summed E-state index contributed by atoms with van der Waals surface area (Å²) in [4.78, 5) is 12.4. The molecule has 2 rings (SSSR count). The van der Waals surface area contributed by atoms with E-state index in [2.05, 4.69) is 45.5 Å². The number of nitrogens with one attached hydrogen (secondary N) is 1. The van der Waals surface area contributed by atoms with Gasteiger partial charge in [0.05, 0.1) is 0 Å². The van der Waals surface area contributed by atoms with Crippen LogP contribution in [0.1, 0.15) is 13.8 Å². The van der Waals surface area contributed by atoms with Crippen LogP contribution in [0.2, 0.25) is 5.28 Å². The number of anilines is 1. The van der Waals surface area contributed by atoms with E-state index in [1.165, 1.54) is 0 Å². The van der Waals surface area contributed by atoms with Gasteiger partial charge in [-0.3, -0.25) is 0 Å². The van der Waals surface area contributed by atoms with Crippen LogP contribution in [0.15, 0.2) is 18.5 Å². The Kier molecular flexibility index (Phi) is 4.26. The van der Waals surface area contributed by atoms with Gasteiger partial charge in [-0.05, 0) is 37.8 Å². The Hall–Kier alpha value is -1.34. The molecule has 0 saturated heterocycles. The third-order valence-corrected chi connectivity index (χ3v) is 3.95. The maximum Gasteiger partial charge on any atom is 0.256 e. The van der Waals surface area contributed by atoms with Gasteiger partial charge in [-0.15, -0.1) is 0 Å². The minimum absolute atomic E-state index is 0.0883. The summed E-state index contributed by atoms with van der Waals surface area (Å²) in [5.74, 6) is 0.849. The van der Waals surface area contributed by atoms with Crippen LogP contribution < -0.4 is 5.32 Å². The number of nitrogens with zero attached hydrogens (tertiary/aromatic N) is 5. The van der Waals surface area contributed by atoms with Crippen LogP contribution in [0.5, 0.6) is 0 Å². The SMILES string of the molecule is CSC(C)(C)CNc1nc(Cl)nc(-n2cccn2)n1. The van der Waals surface area contributed by atoms with Crippen molar-refractivity contribution >= 4 is 29.3 Å². The first-order valence-corrected chi connectivity index (χ1v) is 7.31. The average molecular weight is 299 g/mol. The third kappa shape index (κ3) is 3.81. The van der Waals surface area contributed by atoms with E-state index in [0.717, 1.165) is 6.54 Å². The summed E-state index contributed by atoms with van der Waals surface area (Å²) in [7, 11) is 0. The van der Waals surface area contributed by atoms with E-state index >= 15 is 0 Å². The Balaban J connectivity index is 2.18. The lowest BCUT2D eigenvalue weighted by atomic mass is 10.2. The van der Waals surface area contributed by atoms with E-state index in [1.54, 1.807) is 34.9 Å². The van der Waals surface area contributed by atoms with Crippen molar-refractivity contribution in [2.24, 2.45) is 0 Å². The lowest BCUT2D eigenvalue weighted by Gasteiger charge is -2.22. The molecule has 0 saturated carbocycles. The van der Waals surface area contributed by atoms with E-state index in [1.807, 2.05) is 0 Å². The van der Waals surface area contributed by atoms with Gasteiger partial charge in [-0.25, -0.2) is 4.68 Å². The quantitative estimate of drug-likeness (QED) is 0.913. The van der Waals surface area contributed by atoms with Crippen molar-refractivity contribution in [3.05, 3.63) is 23.7 Å². The van der Waals surface area contributed by atoms with Crippen LogP contribution >= 0.6 is 23.4 Å². The topological polar surface area (TPSA) is 68.5 Å². The highest BCUT2D eigenvalue weighted by Crippen LogP contribution is 2.21. The van der Waals surface area contributed by atoms with Gasteiger partial charge in [0.15, 0.2) is 0 Å². The fourth-order valence-electron chi connectivity index (χ4n) is 1.27. The van der Waals surface area contributed by atoms with Crippen LogP contribution in [-0.2, 0) is 0 Å². The number of hydrogen-bond donors (Lipinski definition) is 1. The smallest absolute Gasteiger partial charge is 0.256 e. The summed E-state index contributed by atoms with van der Waals surface area (Å²) in [5, 5.41) is 7.38. The second kappa shape index (κ2) is 5.75. The number of aromatic nitrogens is 5. The molecular formula is C11H15ClN6S. The molecule has 6 nitrogen and oxygen atoms in total. The molecule has 0 aliphatic rings. The van der Waals surface area contributed by atoms with Crippen molar-refractivity contribution in [2.45, 2.75) is 18.6 Å². The summed E-state index contributed by atoms with van der Waals surface area (Å²) in [5.41, 5.74) is 0. The molecule has 2 heterocycles. The fraction of sp³-hybridized carbons (Fsp3) is 0.455. The molecule has 102 valence electrons. The standard InChI is InChI=1S/C11H15ClN6S/c1-11(2,19-3)7-13-9-15-8(12)16-10(17-9)18-6-4-5-14-18/h4-6H,7H2,1-3H3,(H,13,15,16,17). The van der Waals surface area contributed by atoms with E-state index in [0.29, 0.717) is 11.9 Å². The first-order chi connectivity index (χ1) is 9.00. The molecule has 0 spiro atoms. The molecule has 0 fully saturated rings. The molecular weight excluding hydrogens is 284 g/mol. The molecule has 0 aromatic carbocycles. The third-order valence-electron chi connectivity index (χ3n) is 2.53. The maximum absolute atomic E-state index is 5.90. The second-order valence-corrected chi connectivity index (χ2v) is 6.35. The van der Waals surface area contributed by atoms with Gasteiger partial charge in [0.25, 0.3) is 5.95 Å². The van der Waals surface area contributed by atoms with Gasteiger partial charge in [-0.1, -0.05) is 0 Å². The normalized spacial score (nSPS) is 11.6. The fourth-order valence-corrected chi connectivity index (χ4v) is 1.64. The molecule has 0 bridgehead atoms. The van der Waals surface area contributed by atoms with Crippen LogP contribution in [0.3, 0.4) is 0 Å². The Labute approximate surface area is 121 Å². The zero-order valence-corrected chi connectivity index (χ0v) is 12.5. The molecule has 0 aliphatic carbocycles. The first kappa shape index (κ1) is 14.1. The molecule has 2 aromatic rings. The number of halogens is 1. The van der Waals surface area contributed by atoms with Gasteiger partial charge in [0.1, 0.15) is 0 Å². The lowest BCUT2D eigenvalue weighted by Crippen LogP contribution is -2.27. The minimum Gasteiger partial charge on any atom is -0.353 e. The van der Waals surface area contributed by atoms with Crippen LogP contribution in [-0.4, -0.2) is 42.3 Å². The van der Waals surface area contributed by atoms with Gasteiger partial charge < -0.3 is 5.32 Å². The number of hydrogen-bond acceptors (Lipinski definition) is 6. The van der Waals surface area contributed by atoms with E-state index in [4.69, 9.17) is 11.6 Å². The molecule has 2 aromatic heterocycles. The summed E-state index contributed by atoms with van der Waals surface area (Å²) in [6.07, 6.45) is 5.47. The Bertz CT molecular complexity index is 542. The van der Waals surface area contributed by atoms with Gasteiger partial charge in [0.2, 0.25) is 11.2 Å². The summed E-state index contributed by atoms with van der Waals surface area (Å²) in [6.45, 7) is 5.01. The highest BCUT2D eigenvalue weighted by molar-refractivity contribution is 7.99. The second-order valence-electron chi connectivity index (χ2n) is 4.50. The van der Waals surface area contributed by atoms with E-state index in [-0.39, 0.29) is 10.0 Å². The van der Waals surface area contributed by atoms with Crippen LogP contribution in [0.25, 0.3) is 5.95 Å². The molecule has 0 aliphatic heterocycles. The van der Waals surface area contributed by atoms with E-state index in [9.17, 15) is 0 Å². The Morgan fingerprint density at radius 3 is 2.79 bits per heavy atom. The summed E-state index contributed by atoms with van der Waals surface area (Å²) >= 11 is 7.67. The zero-order chi connectivity index (χ0) is 13.9. The molecule has 0 amide bonds. The molecule has 1 N–H and O–H groups in total. The Morgan fingerprint density at radius 1 is 1.37 bits per heavy atom. The summed E-state index contributed by atoms with van der Waals surface area (Å²) < 4.78 is 1.63. The lowest BCUT2D eigenvalue weighted by molar-refractivity contribution is 0.739. The Morgan fingerprint density at radius 2 is 2.16 bits per heavy atom. The van der Waals surface area contributed by atoms with Crippen molar-refractivity contribution in [1.29, 1.82) is 0 Å². The number of rotatable bonds is 5. The molecule has 8 heteroatoms. The van der Waals surface area contributed by atoms with Crippen molar-refractivity contribution in [1.82, 2.24) is 24.7 Å². The molecule has 19 heavy (non-hydrogen) atoms. The monoisotopic (exact) mass is 298 g/mol. The zero-order valence-electron chi connectivity index (χ0n) is 11.0. The van der Waals surface area contributed by atoms with Gasteiger partial charge >= 0.3 is 0 Å². The molecule has 0 atom stereocenters. The highest BCUT2D eigenvalue weighted by atomic mass is 35.5. The predicted octanol–water partition coefficient (Wildman–Crippen LogP) is 2.26. The highest BCUT2D eigenvalue weighted by Gasteiger charge is 2.16. The average Bonchev–Trinajstić information content (AvgIpc) is 2.90. The van der Waals surface area contributed by atoms with E-state index < -0.39 is 0 Å². The largest absolute Gasteiger partial charge is 0.353 e. The minimum atomic E-state index is 0.0883. The molecule has 0 radical (unpaired) electrons. The van der Waals surface area contributed by atoms with Gasteiger partial charge in [0, 0.05) is 23.7 Å². The van der Waals surface area contributed by atoms with Crippen LogP contribution in [0, 0.1) is 0 Å². The molecule has 0 unspecified atom stereocenters. The van der Waals surface area contributed by atoms with Crippen molar-refractivity contribution in [2.75, 3.05) is 18.1 Å². The predicted molar refractivity (Wildman–Crippen MR) is 78.0 cm³/mol. The number of thioether (sulfide) groups is 1.